The lowest BCUT2D eigenvalue weighted by atomic mass is 10.2. The highest BCUT2D eigenvalue weighted by atomic mass is 32.2. The van der Waals surface area contributed by atoms with Crippen molar-refractivity contribution in [1.29, 1.82) is 0 Å². The van der Waals surface area contributed by atoms with Gasteiger partial charge in [0, 0.05) is 17.1 Å². The van der Waals surface area contributed by atoms with E-state index in [-0.39, 0.29) is 0 Å². The van der Waals surface area contributed by atoms with Crippen LogP contribution in [0.25, 0.3) is 10.9 Å². The molecule has 0 aliphatic heterocycles. The molecule has 0 radical (unpaired) electrons. The smallest absolute Gasteiger partial charge is 0.329 e. The van der Waals surface area contributed by atoms with Crippen LogP contribution in [0.5, 0.6) is 5.75 Å². The van der Waals surface area contributed by atoms with E-state index in [9.17, 15) is 13.2 Å². The van der Waals surface area contributed by atoms with E-state index in [2.05, 4.69) is 9.71 Å². The summed E-state index contributed by atoms with van der Waals surface area (Å²) in [6, 6.07) is 6.40. The van der Waals surface area contributed by atoms with Crippen molar-refractivity contribution in [2.24, 2.45) is 0 Å². The zero-order valence-corrected chi connectivity index (χ0v) is 11.3. The average molecular weight is 282 g/mol. The molecule has 0 spiro atoms. The van der Waals surface area contributed by atoms with Gasteiger partial charge in [0.1, 0.15) is 6.04 Å². The Labute approximate surface area is 110 Å². The molecule has 0 fully saturated rings. The van der Waals surface area contributed by atoms with E-state index < -0.39 is 22.0 Å². The average Bonchev–Trinajstić information content (AvgIpc) is 2.70. The number of carbonyl (C=O) groups is 1. The van der Waals surface area contributed by atoms with Gasteiger partial charge in [-0.15, -0.1) is 0 Å². The van der Waals surface area contributed by atoms with Crippen molar-refractivity contribution in [3.8, 4) is 5.75 Å². The second-order valence-electron chi connectivity index (χ2n) is 4.23. The molecule has 7 heteroatoms. The fourth-order valence-electron chi connectivity index (χ4n) is 1.70. The summed E-state index contributed by atoms with van der Waals surface area (Å²) in [5.41, 5.74) is 0.842. The Hall–Kier alpha value is -1.86. The van der Waals surface area contributed by atoms with E-state index in [1.165, 1.54) is 6.92 Å². The van der Waals surface area contributed by atoms with Crippen molar-refractivity contribution >= 4 is 26.9 Å². The molecule has 2 N–H and O–H groups in total. The molecule has 1 atom stereocenters. The number of nitrogens with one attached hydrogen (secondary N) is 2. The lowest BCUT2D eigenvalue weighted by Crippen LogP contribution is -2.40. The van der Waals surface area contributed by atoms with E-state index in [1.54, 1.807) is 6.20 Å². The maximum Gasteiger partial charge on any atom is 0.329 e. The van der Waals surface area contributed by atoms with Gasteiger partial charge >= 0.3 is 5.97 Å². The molecule has 102 valence electrons. The van der Waals surface area contributed by atoms with Crippen LogP contribution in [0.2, 0.25) is 0 Å². The summed E-state index contributed by atoms with van der Waals surface area (Å²) in [6.07, 6.45) is 2.55. The van der Waals surface area contributed by atoms with E-state index in [0.29, 0.717) is 5.75 Å². The number of esters is 1. The Bertz CT molecular complexity index is 705. The van der Waals surface area contributed by atoms with E-state index in [4.69, 9.17) is 4.74 Å². The highest BCUT2D eigenvalue weighted by Gasteiger charge is 2.20. The highest BCUT2D eigenvalue weighted by Crippen LogP contribution is 2.25. The van der Waals surface area contributed by atoms with Crippen LogP contribution >= 0.6 is 0 Å². The number of aromatic nitrogens is 1. The summed E-state index contributed by atoms with van der Waals surface area (Å²) in [5.74, 6) is -0.280. The molecule has 0 aliphatic rings. The maximum atomic E-state index is 11.8. The first-order valence-electron chi connectivity index (χ1n) is 5.62. The first kappa shape index (κ1) is 13.6. The molecule has 2 rings (SSSR count). The summed E-state index contributed by atoms with van der Waals surface area (Å²) in [7, 11) is -3.45. The maximum absolute atomic E-state index is 11.8. The quantitative estimate of drug-likeness (QED) is 0.819. The summed E-state index contributed by atoms with van der Waals surface area (Å²) >= 11 is 0. The molecule has 6 nitrogen and oxygen atoms in total. The third kappa shape index (κ3) is 3.33. The summed E-state index contributed by atoms with van der Waals surface area (Å²) in [5, 5.41) is 0.766. The van der Waals surface area contributed by atoms with Gasteiger partial charge < -0.3 is 9.72 Å². The van der Waals surface area contributed by atoms with Gasteiger partial charge in [-0.2, -0.15) is 0 Å². The Morgan fingerprint density at radius 1 is 1.37 bits per heavy atom. The van der Waals surface area contributed by atoms with Crippen molar-refractivity contribution < 1.29 is 17.9 Å². The number of para-hydroxylation sites is 1. The summed E-state index contributed by atoms with van der Waals surface area (Å²) in [4.78, 5) is 14.7. The molecule has 2 aromatic rings. The van der Waals surface area contributed by atoms with Crippen LogP contribution in [0, 0.1) is 0 Å². The van der Waals surface area contributed by atoms with Crippen molar-refractivity contribution in [3.05, 3.63) is 30.5 Å². The zero-order chi connectivity index (χ0) is 14.0. The number of H-pyrrole nitrogens is 1. The van der Waals surface area contributed by atoms with Gasteiger partial charge in [0.25, 0.3) is 0 Å². The normalized spacial score (nSPS) is 13.4. The molecule has 0 bridgehead atoms. The van der Waals surface area contributed by atoms with Crippen molar-refractivity contribution in [2.75, 3.05) is 6.26 Å². The second-order valence-corrected chi connectivity index (χ2v) is 6.01. The molecule has 0 saturated heterocycles. The van der Waals surface area contributed by atoms with Gasteiger partial charge in [-0.25, -0.2) is 17.9 Å². The molecule has 1 aromatic carbocycles. The molecular weight excluding hydrogens is 268 g/mol. The standard InChI is InChI=1S/C12H14N2O4S/c1-8(14-19(2,16)17)12(15)18-11-7-13-10-6-4-3-5-9(10)11/h3-8,13-14H,1-2H3/t8-/m0/s1. The predicted octanol–water partition coefficient (Wildman–Crippen LogP) is 1.01. The Morgan fingerprint density at radius 3 is 2.74 bits per heavy atom. The topological polar surface area (TPSA) is 88.3 Å². The van der Waals surface area contributed by atoms with Crippen LogP contribution in [0.15, 0.2) is 30.5 Å². The minimum absolute atomic E-state index is 0.378. The van der Waals surface area contributed by atoms with E-state index >= 15 is 0 Å². The second kappa shape index (κ2) is 5.02. The number of benzene rings is 1. The fraction of sp³-hybridized carbons (Fsp3) is 0.250. The minimum atomic E-state index is -3.45. The molecule has 19 heavy (non-hydrogen) atoms. The Morgan fingerprint density at radius 2 is 2.05 bits per heavy atom. The van der Waals surface area contributed by atoms with Gasteiger partial charge in [-0.1, -0.05) is 12.1 Å². The SMILES string of the molecule is C[C@H](NS(C)(=O)=O)C(=O)Oc1c[nH]c2ccccc12. The van der Waals surface area contributed by atoms with Gasteiger partial charge in [-0.05, 0) is 19.1 Å². The Balaban J connectivity index is 2.15. The van der Waals surface area contributed by atoms with Gasteiger partial charge in [-0.3, -0.25) is 0 Å². The molecule has 1 heterocycles. The fourth-order valence-corrected chi connectivity index (χ4v) is 2.43. The largest absolute Gasteiger partial charge is 0.423 e. The highest BCUT2D eigenvalue weighted by molar-refractivity contribution is 7.88. The molecule has 0 saturated carbocycles. The van der Waals surface area contributed by atoms with E-state index in [0.717, 1.165) is 17.2 Å². The number of fused-ring (bicyclic) bond motifs is 1. The van der Waals surface area contributed by atoms with Crippen LogP contribution < -0.4 is 9.46 Å². The van der Waals surface area contributed by atoms with Crippen LogP contribution in [0.1, 0.15) is 6.92 Å². The third-order valence-electron chi connectivity index (χ3n) is 2.51. The van der Waals surface area contributed by atoms with Crippen molar-refractivity contribution in [2.45, 2.75) is 13.0 Å². The molecule has 0 amide bonds. The molecule has 0 unspecified atom stereocenters. The predicted molar refractivity (Wildman–Crippen MR) is 71.4 cm³/mol. The third-order valence-corrected chi connectivity index (χ3v) is 3.29. The Kier molecular flexibility index (Phi) is 3.59. The molecule has 1 aromatic heterocycles. The number of hydrogen-bond donors (Lipinski definition) is 2. The van der Waals surface area contributed by atoms with Crippen LogP contribution in [-0.2, 0) is 14.8 Å². The number of hydrogen-bond acceptors (Lipinski definition) is 4. The minimum Gasteiger partial charge on any atom is -0.423 e. The summed E-state index contributed by atoms with van der Waals surface area (Å²) in [6.45, 7) is 1.43. The van der Waals surface area contributed by atoms with Crippen LogP contribution in [-0.4, -0.2) is 31.7 Å². The molecule has 0 aliphatic carbocycles. The summed E-state index contributed by atoms with van der Waals surface area (Å²) < 4.78 is 29.4. The van der Waals surface area contributed by atoms with Crippen LogP contribution in [0.4, 0.5) is 0 Å². The lowest BCUT2D eigenvalue weighted by molar-refractivity contribution is -0.135. The van der Waals surface area contributed by atoms with Crippen LogP contribution in [0.3, 0.4) is 0 Å². The van der Waals surface area contributed by atoms with Crippen molar-refractivity contribution in [1.82, 2.24) is 9.71 Å². The number of sulfonamides is 1. The van der Waals surface area contributed by atoms with Gasteiger partial charge in [0.05, 0.1) is 6.26 Å². The lowest BCUT2D eigenvalue weighted by Gasteiger charge is -2.10. The molecular formula is C12H14N2O4S. The van der Waals surface area contributed by atoms with Gasteiger partial charge in [0.15, 0.2) is 5.75 Å². The monoisotopic (exact) mass is 282 g/mol. The number of carbonyl (C=O) groups excluding carboxylic acids is 1. The number of aromatic amines is 1. The first-order valence-corrected chi connectivity index (χ1v) is 7.51. The first-order chi connectivity index (χ1) is 8.87. The zero-order valence-electron chi connectivity index (χ0n) is 10.5. The van der Waals surface area contributed by atoms with Gasteiger partial charge in [0.2, 0.25) is 10.0 Å². The van der Waals surface area contributed by atoms with Crippen molar-refractivity contribution in [3.63, 3.8) is 0 Å². The van der Waals surface area contributed by atoms with E-state index in [1.807, 2.05) is 24.3 Å². The number of rotatable bonds is 4. The number of ether oxygens (including phenoxy) is 1.